The van der Waals surface area contributed by atoms with Crippen LogP contribution < -0.4 is 10.6 Å². The highest BCUT2D eigenvalue weighted by molar-refractivity contribution is 6.29. The first kappa shape index (κ1) is 15.2. The molecule has 0 fully saturated rings. The van der Waals surface area contributed by atoms with Crippen LogP contribution in [0.1, 0.15) is 29.0 Å². The zero-order chi connectivity index (χ0) is 15.2. The third-order valence-corrected chi connectivity index (χ3v) is 2.80. The molecule has 0 aliphatic carbocycles. The normalized spacial score (nSPS) is 10.4. The Kier molecular flexibility index (Phi) is 5.10. The van der Waals surface area contributed by atoms with Gasteiger partial charge in [0.05, 0.1) is 0 Å². The number of halogens is 1. The third-order valence-electron chi connectivity index (χ3n) is 2.61. The molecule has 2 rings (SSSR count). The number of pyridine rings is 1. The number of nitrogens with one attached hydrogen (secondary N) is 2. The Morgan fingerprint density at radius 1 is 1.38 bits per heavy atom. The number of hydrogen-bond donors (Lipinski definition) is 2. The fourth-order valence-electron chi connectivity index (χ4n) is 1.73. The van der Waals surface area contributed by atoms with E-state index in [-0.39, 0.29) is 11.1 Å². The highest BCUT2D eigenvalue weighted by Crippen LogP contribution is 2.14. The van der Waals surface area contributed by atoms with Gasteiger partial charge in [0.25, 0.3) is 5.91 Å². The van der Waals surface area contributed by atoms with E-state index < -0.39 is 0 Å². The minimum Gasteiger partial charge on any atom is -0.370 e. The van der Waals surface area contributed by atoms with Crippen LogP contribution in [0.15, 0.2) is 16.7 Å². The zero-order valence-electron chi connectivity index (χ0n) is 11.8. The van der Waals surface area contributed by atoms with Gasteiger partial charge in [0.15, 0.2) is 5.82 Å². The molecule has 0 saturated heterocycles. The maximum absolute atomic E-state index is 12.1. The molecule has 0 radical (unpaired) electrons. The van der Waals surface area contributed by atoms with Gasteiger partial charge in [-0.05, 0) is 26.0 Å². The number of hydrogen-bond acceptors (Lipinski definition) is 6. The molecule has 2 heterocycles. The van der Waals surface area contributed by atoms with Crippen LogP contribution in [-0.4, -0.2) is 34.1 Å². The molecule has 0 saturated carbocycles. The summed E-state index contributed by atoms with van der Waals surface area (Å²) in [6, 6.07) is 3.18. The molecule has 0 atom stereocenters. The van der Waals surface area contributed by atoms with Gasteiger partial charge >= 0.3 is 0 Å². The number of carbonyl (C=O) groups excluding carboxylic acids is 1. The van der Waals surface area contributed by atoms with Crippen molar-refractivity contribution >= 4 is 23.3 Å². The van der Waals surface area contributed by atoms with Crippen molar-refractivity contribution in [2.75, 3.05) is 18.4 Å². The SMILES string of the molecule is CCNc1cc(C(=O)NCCc2nc(C)no2)cc(Cl)n1. The largest absolute Gasteiger partial charge is 0.370 e. The van der Waals surface area contributed by atoms with Gasteiger partial charge in [-0.2, -0.15) is 4.98 Å². The fraction of sp³-hybridized carbons (Fsp3) is 0.385. The van der Waals surface area contributed by atoms with E-state index in [1.807, 2.05) is 6.92 Å². The Labute approximate surface area is 127 Å². The number of amides is 1. The average molecular weight is 310 g/mol. The van der Waals surface area contributed by atoms with Crippen molar-refractivity contribution in [1.29, 1.82) is 0 Å². The van der Waals surface area contributed by atoms with Crippen molar-refractivity contribution in [2.45, 2.75) is 20.3 Å². The van der Waals surface area contributed by atoms with Crippen molar-refractivity contribution < 1.29 is 9.32 Å². The summed E-state index contributed by atoms with van der Waals surface area (Å²) < 4.78 is 4.97. The Bertz CT molecular complexity index is 629. The van der Waals surface area contributed by atoms with Crippen molar-refractivity contribution in [3.8, 4) is 0 Å². The lowest BCUT2D eigenvalue weighted by Gasteiger charge is -2.07. The van der Waals surface area contributed by atoms with Gasteiger partial charge in [0.2, 0.25) is 5.89 Å². The molecule has 2 aromatic rings. The van der Waals surface area contributed by atoms with E-state index in [2.05, 4.69) is 25.8 Å². The minimum absolute atomic E-state index is 0.227. The summed E-state index contributed by atoms with van der Waals surface area (Å²) >= 11 is 5.90. The summed E-state index contributed by atoms with van der Waals surface area (Å²) in [5.41, 5.74) is 0.452. The first-order valence-electron chi connectivity index (χ1n) is 6.57. The molecule has 0 spiro atoms. The average Bonchev–Trinajstić information content (AvgIpc) is 2.84. The maximum atomic E-state index is 12.1. The van der Waals surface area contributed by atoms with Crippen LogP contribution in [0.4, 0.5) is 5.82 Å². The molecule has 1 amide bonds. The third kappa shape index (κ3) is 4.42. The van der Waals surface area contributed by atoms with Crippen molar-refractivity contribution in [3.05, 3.63) is 34.6 Å². The molecular formula is C13H16ClN5O2. The lowest BCUT2D eigenvalue weighted by molar-refractivity contribution is 0.0953. The lowest BCUT2D eigenvalue weighted by Crippen LogP contribution is -2.26. The molecule has 7 nitrogen and oxygen atoms in total. The molecule has 0 aliphatic rings. The molecule has 2 N–H and O–H groups in total. The van der Waals surface area contributed by atoms with E-state index in [0.29, 0.717) is 42.6 Å². The summed E-state index contributed by atoms with van der Waals surface area (Å²) in [6.07, 6.45) is 0.478. The van der Waals surface area contributed by atoms with E-state index in [1.165, 1.54) is 6.07 Å². The van der Waals surface area contributed by atoms with E-state index in [0.717, 1.165) is 0 Å². The zero-order valence-corrected chi connectivity index (χ0v) is 12.6. The van der Waals surface area contributed by atoms with E-state index >= 15 is 0 Å². The molecule has 112 valence electrons. The first-order valence-corrected chi connectivity index (χ1v) is 6.95. The van der Waals surface area contributed by atoms with Gasteiger partial charge in [-0.25, -0.2) is 4.98 Å². The fourth-order valence-corrected chi connectivity index (χ4v) is 1.93. The second-order valence-corrected chi connectivity index (χ2v) is 4.72. The van der Waals surface area contributed by atoms with Crippen molar-refractivity contribution in [3.63, 3.8) is 0 Å². The van der Waals surface area contributed by atoms with Gasteiger partial charge in [0, 0.05) is 25.1 Å². The number of carbonyl (C=O) groups is 1. The van der Waals surface area contributed by atoms with Gasteiger partial charge in [-0.15, -0.1) is 0 Å². The Morgan fingerprint density at radius 3 is 2.86 bits per heavy atom. The monoisotopic (exact) mass is 309 g/mol. The van der Waals surface area contributed by atoms with Gasteiger partial charge in [-0.1, -0.05) is 16.8 Å². The number of nitrogens with zero attached hydrogens (tertiary/aromatic N) is 3. The molecule has 0 aromatic carbocycles. The number of rotatable bonds is 6. The van der Waals surface area contributed by atoms with Gasteiger partial charge in [0.1, 0.15) is 11.0 Å². The Hall–Kier alpha value is -2.15. The smallest absolute Gasteiger partial charge is 0.251 e. The predicted molar refractivity (Wildman–Crippen MR) is 78.5 cm³/mol. The Morgan fingerprint density at radius 2 is 2.19 bits per heavy atom. The molecular weight excluding hydrogens is 294 g/mol. The molecule has 0 aliphatic heterocycles. The summed E-state index contributed by atoms with van der Waals surface area (Å²) in [5, 5.41) is 9.74. The van der Waals surface area contributed by atoms with Crippen molar-refractivity contribution in [1.82, 2.24) is 20.4 Å². The van der Waals surface area contributed by atoms with Crippen LogP contribution in [0.5, 0.6) is 0 Å². The number of anilines is 1. The second kappa shape index (κ2) is 7.03. The molecule has 8 heteroatoms. The van der Waals surface area contributed by atoms with Gasteiger partial charge < -0.3 is 15.2 Å². The van der Waals surface area contributed by atoms with E-state index in [4.69, 9.17) is 16.1 Å². The number of aromatic nitrogens is 3. The Balaban J connectivity index is 1.93. The standard InChI is InChI=1S/C13H16ClN5O2/c1-3-15-11-7-9(6-10(14)18-11)13(20)16-5-4-12-17-8(2)19-21-12/h6-7H,3-5H2,1-2H3,(H,15,18)(H,16,20). The predicted octanol–water partition coefficient (Wildman–Crippen LogP) is 1.83. The number of aryl methyl sites for hydroxylation is 1. The highest BCUT2D eigenvalue weighted by atomic mass is 35.5. The second-order valence-electron chi connectivity index (χ2n) is 4.34. The molecule has 0 unspecified atom stereocenters. The summed E-state index contributed by atoms with van der Waals surface area (Å²) in [4.78, 5) is 20.2. The van der Waals surface area contributed by atoms with Crippen LogP contribution >= 0.6 is 11.6 Å². The van der Waals surface area contributed by atoms with Crippen molar-refractivity contribution in [2.24, 2.45) is 0 Å². The van der Waals surface area contributed by atoms with Crippen LogP contribution in [-0.2, 0) is 6.42 Å². The molecule has 0 bridgehead atoms. The minimum atomic E-state index is -0.227. The summed E-state index contributed by atoms with van der Waals surface area (Å²) in [7, 11) is 0. The van der Waals surface area contributed by atoms with Crippen LogP contribution in [0.3, 0.4) is 0 Å². The molecule has 21 heavy (non-hydrogen) atoms. The maximum Gasteiger partial charge on any atom is 0.251 e. The van der Waals surface area contributed by atoms with E-state index in [1.54, 1.807) is 13.0 Å². The molecule has 2 aromatic heterocycles. The van der Waals surface area contributed by atoms with Crippen LogP contribution in [0.25, 0.3) is 0 Å². The summed E-state index contributed by atoms with van der Waals surface area (Å²) in [5.74, 6) is 1.42. The van der Waals surface area contributed by atoms with Gasteiger partial charge in [-0.3, -0.25) is 4.79 Å². The lowest BCUT2D eigenvalue weighted by atomic mass is 10.2. The quantitative estimate of drug-likeness (QED) is 0.791. The van der Waals surface area contributed by atoms with E-state index in [9.17, 15) is 4.79 Å². The topological polar surface area (TPSA) is 92.9 Å². The summed E-state index contributed by atoms with van der Waals surface area (Å²) in [6.45, 7) is 4.78. The highest BCUT2D eigenvalue weighted by Gasteiger charge is 2.10. The first-order chi connectivity index (χ1) is 10.1. The van der Waals surface area contributed by atoms with Crippen LogP contribution in [0, 0.1) is 6.92 Å². The van der Waals surface area contributed by atoms with Crippen LogP contribution in [0.2, 0.25) is 5.15 Å².